The molecule has 1 fully saturated rings. The van der Waals surface area contributed by atoms with E-state index in [1.807, 2.05) is 19.1 Å². The highest BCUT2D eigenvalue weighted by Gasteiger charge is 2.21. The first kappa shape index (κ1) is 22.4. The quantitative estimate of drug-likeness (QED) is 0.537. The summed E-state index contributed by atoms with van der Waals surface area (Å²) in [7, 11) is 3.41. The van der Waals surface area contributed by atoms with Gasteiger partial charge in [0, 0.05) is 49.7 Å². The van der Waals surface area contributed by atoms with Crippen LogP contribution in [0, 0.1) is 13.8 Å². The number of ether oxygens (including phenoxy) is 2. The van der Waals surface area contributed by atoms with Crippen molar-refractivity contribution in [3.63, 3.8) is 0 Å². The van der Waals surface area contributed by atoms with Crippen molar-refractivity contribution in [3.05, 3.63) is 39.3 Å². The summed E-state index contributed by atoms with van der Waals surface area (Å²) in [5.41, 5.74) is 2.25. The zero-order chi connectivity index (χ0) is 21.5. The third-order valence-electron chi connectivity index (χ3n) is 5.26. The largest absolute Gasteiger partial charge is 0.497 e. The highest BCUT2D eigenvalue weighted by Crippen LogP contribution is 2.25. The summed E-state index contributed by atoms with van der Waals surface area (Å²) in [5.74, 6) is 2.75. The van der Waals surface area contributed by atoms with Gasteiger partial charge in [-0.3, -0.25) is 4.90 Å². The number of nitrogens with one attached hydrogen (secondary N) is 1. The van der Waals surface area contributed by atoms with E-state index in [-0.39, 0.29) is 0 Å². The van der Waals surface area contributed by atoms with Crippen LogP contribution in [-0.2, 0) is 13.1 Å². The molecule has 30 heavy (non-hydrogen) atoms. The Morgan fingerprint density at radius 2 is 1.93 bits per heavy atom. The van der Waals surface area contributed by atoms with Crippen LogP contribution >= 0.6 is 11.3 Å². The summed E-state index contributed by atoms with van der Waals surface area (Å²) in [6.45, 7) is 12.5. The second-order valence-electron chi connectivity index (χ2n) is 7.35. The minimum Gasteiger partial charge on any atom is -0.497 e. The molecule has 1 saturated heterocycles. The number of methoxy groups -OCH3 is 2. The van der Waals surface area contributed by atoms with Crippen LogP contribution in [0.4, 0.5) is 0 Å². The summed E-state index contributed by atoms with van der Waals surface area (Å²) >= 11 is 1.73. The molecule has 2 heterocycles. The van der Waals surface area contributed by atoms with Crippen LogP contribution in [0.15, 0.2) is 23.2 Å². The van der Waals surface area contributed by atoms with Crippen molar-refractivity contribution in [1.82, 2.24) is 20.1 Å². The minimum atomic E-state index is 0.681. The van der Waals surface area contributed by atoms with Crippen LogP contribution in [0.5, 0.6) is 11.5 Å². The zero-order valence-electron chi connectivity index (χ0n) is 18.7. The Bertz CT molecular complexity index is 859. The van der Waals surface area contributed by atoms with Crippen LogP contribution in [-0.4, -0.2) is 67.7 Å². The van der Waals surface area contributed by atoms with E-state index in [1.165, 1.54) is 4.88 Å². The lowest BCUT2D eigenvalue weighted by Crippen LogP contribution is -2.52. The van der Waals surface area contributed by atoms with E-state index >= 15 is 0 Å². The molecule has 3 rings (SSSR count). The van der Waals surface area contributed by atoms with Crippen molar-refractivity contribution < 1.29 is 9.47 Å². The minimum absolute atomic E-state index is 0.681. The lowest BCUT2D eigenvalue weighted by atomic mass is 10.1. The van der Waals surface area contributed by atoms with Crippen molar-refractivity contribution in [2.24, 2.45) is 4.99 Å². The second-order valence-corrected chi connectivity index (χ2v) is 8.64. The standard InChI is InChI=1S/C22H33N5O2S/c1-6-23-22(24-14-21-16(2)25-17(3)30-21)27-11-9-26(10-12-27)15-18-13-19(28-4)7-8-20(18)29-5/h7-8,13H,6,9-12,14-15H2,1-5H3,(H,23,24). The van der Waals surface area contributed by atoms with E-state index in [1.54, 1.807) is 25.6 Å². The highest BCUT2D eigenvalue weighted by atomic mass is 32.1. The molecule has 0 amide bonds. The lowest BCUT2D eigenvalue weighted by molar-refractivity contribution is 0.171. The highest BCUT2D eigenvalue weighted by molar-refractivity contribution is 7.11. The van der Waals surface area contributed by atoms with Gasteiger partial charge in [-0.25, -0.2) is 9.98 Å². The smallest absolute Gasteiger partial charge is 0.194 e. The van der Waals surface area contributed by atoms with Gasteiger partial charge in [0.1, 0.15) is 11.5 Å². The van der Waals surface area contributed by atoms with Gasteiger partial charge in [-0.05, 0) is 39.0 Å². The van der Waals surface area contributed by atoms with Crippen LogP contribution < -0.4 is 14.8 Å². The first-order chi connectivity index (χ1) is 14.5. The molecule has 1 aromatic heterocycles. The maximum atomic E-state index is 5.54. The first-order valence-corrected chi connectivity index (χ1v) is 11.2. The van der Waals surface area contributed by atoms with Crippen molar-refractivity contribution in [3.8, 4) is 11.5 Å². The van der Waals surface area contributed by atoms with Gasteiger partial charge in [0.2, 0.25) is 0 Å². The predicted molar refractivity (Wildman–Crippen MR) is 123 cm³/mol. The fourth-order valence-electron chi connectivity index (χ4n) is 3.66. The van der Waals surface area contributed by atoms with Crippen molar-refractivity contribution in [1.29, 1.82) is 0 Å². The molecule has 8 heteroatoms. The number of hydrogen-bond donors (Lipinski definition) is 1. The molecule has 0 aliphatic carbocycles. The molecular weight excluding hydrogens is 398 g/mol. The summed E-state index contributed by atoms with van der Waals surface area (Å²) in [6.07, 6.45) is 0. The number of guanidine groups is 1. The fourth-order valence-corrected chi connectivity index (χ4v) is 4.52. The third-order valence-corrected chi connectivity index (χ3v) is 6.32. The molecule has 164 valence electrons. The molecule has 1 aromatic carbocycles. The van der Waals surface area contributed by atoms with Crippen LogP contribution in [0.25, 0.3) is 0 Å². The van der Waals surface area contributed by atoms with E-state index in [9.17, 15) is 0 Å². The number of piperazine rings is 1. The van der Waals surface area contributed by atoms with E-state index in [0.717, 1.165) is 73.0 Å². The number of rotatable bonds is 7. The van der Waals surface area contributed by atoms with E-state index in [4.69, 9.17) is 14.5 Å². The van der Waals surface area contributed by atoms with Gasteiger partial charge in [0.15, 0.2) is 5.96 Å². The number of benzene rings is 1. The van der Waals surface area contributed by atoms with E-state index in [0.29, 0.717) is 6.54 Å². The van der Waals surface area contributed by atoms with Crippen molar-refractivity contribution in [2.75, 3.05) is 46.9 Å². The number of nitrogens with zero attached hydrogens (tertiary/aromatic N) is 4. The summed E-state index contributed by atoms with van der Waals surface area (Å²) in [5, 5.41) is 4.55. The molecule has 0 saturated carbocycles. The Morgan fingerprint density at radius 3 is 2.53 bits per heavy atom. The average molecular weight is 432 g/mol. The van der Waals surface area contributed by atoms with Gasteiger partial charge >= 0.3 is 0 Å². The molecule has 0 unspecified atom stereocenters. The third kappa shape index (κ3) is 5.64. The Morgan fingerprint density at radius 1 is 1.17 bits per heavy atom. The fraction of sp³-hybridized carbons (Fsp3) is 0.545. The monoisotopic (exact) mass is 431 g/mol. The molecule has 1 aliphatic rings. The molecular formula is C22H33N5O2S. The Balaban J connectivity index is 1.61. The molecule has 1 N–H and O–H groups in total. The molecule has 7 nitrogen and oxygen atoms in total. The van der Waals surface area contributed by atoms with Crippen LogP contribution in [0.1, 0.15) is 28.1 Å². The summed E-state index contributed by atoms with van der Waals surface area (Å²) < 4.78 is 10.9. The Kier molecular flexibility index (Phi) is 7.93. The molecule has 0 radical (unpaired) electrons. The average Bonchev–Trinajstić information content (AvgIpc) is 3.08. The Hall–Kier alpha value is -2.32. The maximum Gasteiger partial charge on any atom is 0.194 e. The van der Waals surface area contributed by atoms with Gasteiger partial charge < -0.3 is 19.7 Å². The van der Waals surface area contributed by atoms with Gasteiger partial charge in [-0.1, -0.05) is 0 Å². The van der Waals surface area contributed by atoms with Gasteiger partial charge in [-0.2, -0.15) is 0 Å². The van der Waals surface area contributed by atoms with Crippen LogP contribution in [0.2, 0.25) is 0 Å². The topological polar surface area (TPSA) is 62.2 Å². The molecule has 0 atom stereocenters. The van der Waals surface area contributed by atoms with Gasteiger partial charge in [-0.15, -0.1) is 11.3 Å². The van der Waals surface area contributed by atoms with E-state index in [2.05, 4.69) is 40.0 Å². The number of hydrogen-bond acceptors (Lipinski definition) is 6. The molecule has 1 aliphatic heterocycles. The van der Waals surface area contributed by atoms with Crippen molar-refractivity contribution in [2.45, 2.75) is 33.9 Å². The second kappa shape index (κ2) is 10.6. The van der Waals surface area contributed by atoms with Gasteiger partial charge in [0.05, 0.1) is 31.5 Å². The number of thiazole rings is 1. The SMILES string of the molecule is CCNC(=NCc1sc(C)nc1C)N1CCN(Cc2cc(OC)ccc2OC)CC1. The number of aromatic nitrogens is 1. The lowest BCUT2D eigenvalue weighted by Gasteiger charge is -2.36. The summed E-state index contributed by atoms with van der Waals surface area (Å²) in [4.78, 5) is 15.4. The normalized spacial score (nSPS) is 15.4. The molecule has 0 spiro atoms. The number of aliphatic imine (C=N–C) groups is 1. The number of aryl methyl sites for hydroxylation is 2. The first-order valence-electron chi connectivity index (χ1n) is 10.4. The Labute approximate surface area is 183 Å². The maximum absolute atomic E-state index is 5.54. The molecule has 2 aromatic rings. The summed E-state index contributed by atoms with van der Waals surface area (Å²) in [6, 6.07) is 5.98. The van der Waals surface area contributed by atoms with Gasteiger partial charge in [0.25, 0.3) is 0 Å². The van der Waals surface area contributed by atoms with E-state index < -0.39 is 0 Å². The zero-order valence-corrected chi connectivity index (χ0v) is 19.5. The van der Waals surface area contributed by atoms with Crippen LogP contribution in [0.3, 0.4) is 0 Å². The van der Waals surface area contributed by atoms with Crippen molar-refractivity contribution >= 4 is 17.3 Å². The predicted octanol–water partition coefficient (Wildman–Crippen LogP) is 3.06. The molecule has 0 bridgehead atoms.